The molecule has 2 rings (SSSR count). The van der Waals surface area contributed by atoms with E-state index in [4.69, 9.17) is 33.5 Å². The maximum absolute atomic E-state index is 13.3. The number of aromatic carboxylic acids is 1. The van der Waals surface area contributed by atoms with E-state index in [1.165, 1.54) is 6.07 Å². The Morgan fingerprint density at radius 1 is 0.762 bits per heavy atom. The first-order valence-electron chi connectivity index (χ1n) is 21.5. The molecule has 0 saturated carbocycles. The minimum Gasteiger partial charge on any atom is -0.507 e. The van der Waals surface area contributed by atoms with Gasteiger partial charge in [0, 0.05) is 13.8 Å². The number of aliphatic carboxylic acids is 1. The SMILES string of the molecule is CC(=O)O[C@H](C(=O)OC(C)CCCCCCCCCCCCCCCc1cccc(O)c1C(=O)O)[C@@H](O)[C@H](O)C(COC(=O)CC(=O)O)O[C@@H]1OC(CO)[C@@H](O)C(O)[C@H]1OC(C)=O. The zero-order valence-corrected chi connectivity index (χ0v) is 36.2. The van der Waals surface area contributed by atoms with Gasteiger partial charge in [0.25, 0.3) is 0 Å². The molecule has 0 bridgehead atoms. The van der Waals surface area contributed by atoms with Crippen LogP contribution in [0.15, 0.2) is 18.2 Å². The second-order valence-corrected chi connectivity index (χ2v) is 15.7. The lowest BCUT2D eigenvalue weighted by Gasteiger charge is -2.43. The van der Waals surface area contributed by atoms with Crippen LogP contribution in [0.2, 0.25) is 0 Å². The first-order valence-corrected chi connectivity index (χ1v) is 21.5. The smallest absolute Gasteiger partial charge is 0.350 e. The fourth-order valence-electron chi connectivity index (χ4n) is 7.12. The zero-order chi connectivity index (χ0) is 47.1. The Morgan fingerprint density at radius 2 is 1.33 bits per heavy atom. The maximum Gasteiger partial charge on any atom is 0.350 e. The van der Waals surface area contributed by atoms with Gasteiger partial charge in [-0.3, -0.25) is 19.2 Å². The number of benzene rings is 1. The van der Waals surface area contributed by atoms with Gasteiger partial charge >= 0.3 is 35.8 Å². The standard InChI is InChI=1S/C43H66O20/c1-25(18-15-13-11-9-7-5-4-6-8-10-12-14-16-19-28-20-17-21-29(47)34(28)41(55)56)59-42(57)39(60-26(2)45)37(53)36(52)31(24-58-33(50)22-32(48)49)63-43-40(61-27(3)46)38(54)35(51)30(23-44)62-43/h17,20-21,25,30-31,35-40,43-44,47,51-54H,4-16,18-19,22-24H2,1-3H3,(H,48,49)(H,55,56)/t25?,30?,31?,35-,36-,37+,38?,39+,40-,43+/m1/s1. The summed E-state index contributed by atoms with van der Waals surface area (Å²) in [6.07, 6.45) is -5.34. The molecular formula is C43H66O20. The van der Waals surface area contributed by atoms with E-state index in [0.29, 0.717) is 24.8 Å². The third-order valence-corrected chi connectivity index (χ3v) is 10.4. The molecule has 0 spiro atoms. The van der Waals surface area contributed by atoms with E-state index in [2.05, 4.69) is 0 Å². The highest BCUT2D eigenvalue weighted by molar-refractivity contribution is 5.92. The first kappa shape index (κ1) is 54.7. The molecule has 1 aromatic carbocycles. The summed E-state index contributed by atoms with van der Waals surface area (Å²) < 4.78 is 31.4. The Bertz CT molecular complexity index is 1590. The van der Waals surface area contributed by atoms with Crippen molar-refractivity contribution in [2.75, 3.05) is 13.2 Å². The maximum atomic E-state index is 13.3. The van der Waals surface area contributed by atoms with Gasteiger partial charge in [-0.25, -0.2) is 9.59 Å². The second-order valence-electron chi connectivity index (χ2n) is 15.7. The number of unbranched alkanes of at least 4 members (excludes halogenated alkanes) is 12. The van der Waals surface area contributed by atoms with Crippen LogP contribution in [0.3, 0.4) is 0 Å². The van der Waals surface area contributed by atoms with Crippen molar-refractivity contribution in [3.63, 3.8) is 0 Å². The molecule has 0 amide bonds. The lowest BCUT2D eigenvalue weighted by atomic mass is 9.98. The molecule has 1 heterocycles. The molecule has 1 aliphatic heterocycles. The average Bonchev–Trinajstić information content (AvgIpc) is 3.21. The topological polar surface area (TPSA) is 320 Å². The predicted molar refractivity (Wildman–Crippen MR) is 218 cm³/mol. The van der Waals surface area contributed by atoms with Crippen LogP contribution < -0.4 is 0 Å². The predicted octanol–water partition coefficient (Wildman–Crippen LogP) is 2.45. The van der Waals surface area contributed by atoms with Crippen LogP contribution in [0.1, 0.15) is 133 Å². The molecule has 1 saturated heterocycles. The van der Waals surface area contributed by atoms with Crippen molar-refractivity contribution in [2.24, 2.45) is 0 Å². The van der Waals surface area contributed by atoms with E-state index < -0.39 is 117 Å². The number of rotatable bonds is 31. The van der Waals surface area contributed by atoms with E-state index in [-0.39, 0.29) is 11.3 Å². The highest BCUT2D eigenvalue weighted by Gasteiger charge is 2.50. The van der Waals surface area contributed by atoms with E-state index >= 15 is 0 Å². The number of carbonyl (C=O) groups excluding carboxylic acids is 4. The van der Waals surface area contributed by atoms with Gasteiger partial charge in [0.05, 0.1) is 12.7 Å². The summed E-state index contributed by atoms with van der Waals surface area (Å²) in [5.74, 6) is -7.47. The number of ether oxygens (including phenoxy) is 6. The molecule has 4 unspecified atom stereocenters. The van der Waals surface area contributed by atoms with Crippen molar-refractivity contribution < 1.29 is 98.0 Å². The summed E-state index contributed by atoms with van der Waals surface area (Å²) in [5.41, 5.74) is 0.633. The molecule has 20 heteroatoms. The van der Waals surface area contributed by atoms with Gasteiger partial charge in [0.15, 0.2) is 12.4 Å². The van der Waals surface area contributed by atoms with E-state index in [1.807, 2.05) is 0 Å². The van der Waals surface area contributed by atoms with E-state index in [9.17, 15) is 64.5 Å². The quantitative estimate of drug-likeness (QED) is 0.0230. The lowest BCUT2D eigenvalue weighted by molar-refractivity contribution is -0.324. The number of carbonyl (C=O) groups is 6. The van der Waals surface area contributed by atoms with Gasteiger partial charge in [-0.1, -0.05) is 82.8 Å². The summed E-state index contributed by atoms with van der Waals surface area (Å²) >= 11 is 0. The molecule has 0 radical (unpaired) electrons. The van der Waals surface area contributed by atoms with Gasteiger partial charge < -0.3 is 69.3 Å². The lowest BCUT2D eigenvalue weighted by Crippen LogP contribution is -2.62. The van der Waals surface area contributed by atoms with Crippen LogP contribution in [0, 0.1) is 0 Å². The number of aromatic hydroxyl groups is 1. The third-order valence-electron chi connectivity index (χ3n) is 10.4. The molecule has 10 atom stereocenters. The monoisotopic (exact) mass is 902 g/mol. The van der Waals surface area contributed by atoms with E-state index in [1.54, 1.807) is 19.1 Å². The summed E-state index contributed by atoms with van der Waals surface area (Å²) in [6.45, 7) is 1.58. The molecule has 8 N–H and O–H groups in total. The van der Waals surface area contributed by atoms with Crippen LogP contribution in [0.4, 0.5) is 0 Å². The molecule has 20 nitrogen and oxygen atoms in total. The van der Waals surface area contributed by atoms with Crippen molar-refractivity contribution in [3.05, 3.63) is 29.3 Å². The minimum atomic E-state index is -2.34. The number of aryl methyl sites for hydroxylation is 1. The van der Waals surface area contributed by atoms with Crippen molar-refractivity contribution in [2.45, 2.75) is 185 Å². The fourth-order valence-corrected chi connectivity index (χ4v) is 7.12. The highest BCUT2D eigenvalue weighted by Crippen LogP contribution is 2.28. The zero-order valence-electron chi connectivity index (χ0n) is 36.2. The number of esters is 4. The molecule has 0 aliphatic carbocycles. The van der Waals surface area contributed by atoms with Gasteiger partial charge in [-0.05, 0) is 44.2 Å². The molecule has 1 aliphatic rings. The Balaban J connectivity index is 1.83. The number of carboxylic acids is 2. The molecule has 1 fully saturated rings. The Hall–Kier alpha value is -4.44. The molecule has 63 heavy (non-hydrogen) atoms. The Kier molecular flexibility index (Phi) is 25.3. The van der Waals surface area contributed by atoms with Gasteiger partial charge in [-0.15, -0.1) is 0 Å². The number of aliphatic hydroxyl groups excluding tert-OH is 5. The van der Waals surface area contributed by atoms with Crippen molar-refractivity contribution in [1.82, 2.24) is 0 Å². The van der Waals surface area contributed by atoms with Gasteiger partial charge in [0.2, 0.25) is 6.10 Å². The molecule has 0 aromatic heterocycles. The van der Waals surface area contributed by atoms with Crippen molar-refractivity contribution >= 4 is 35.8 Å². The average molecular weight is 903 g/mol. The summed E-state index contributed by atoms with van der Waals surface area (Å²) in [4.78, 5) is 71.6. The number of aliphatic hydroxyl groups is 5. The first-order chi connectivity index (χ1) is 29.9. The van der Waals surface area contributed by atoms with Crippen molar-refractivity contribution in [3.8, 4) is 5.75 Å². The number of hydrogen-bond acceptors (Lipinski definition) is 18. The van der Waals surface area contributed by atoms with E-state index in [0.717, 1.165) is 90.9 Å². The van der Waals surface area contributed by atoms with Crippen LogP contribution in [0.25, 0.3) is 0 Å². The fraction of sp³-hybridized carbons (Fsp3) is 0.721. The van der Waals surface area contributed by atoms with Crippen molar-refractivity contribution in [1.29, 1.82) is 0 Å². The molecular weight excluding hydrogens is 836 g/mol. The number of phenols is 1. The second kappa shape index (κ2) is 29.1. The van der Waals surface area contributed by atoms with Gasteiger partial charge in [0.1, 0.15) is 61.0 Å². The van der Waals surface area contributed by atoms with Crippen LogP contribution in [0.5, 0.6) is 5.75 Å². The summed E-state index contributed by atoms with van der Waals surface area (Å²) in [7, 11) is 0. The Morgan fingerprint density at radius 3 is 1.86 bits per heavy atom. The third kappa shape index (κ3) is 19.9. The van der Waals surface area contributed by atoms with Crippen LogP contribution in [-0.4, -0.2) is 151 Å². The van der Waals surface area contributed by atoms with Crippen LogP contribution in [-0.2, 0) is 58.8 Å². The molecule has 358 valence electrons. The van der Waals surface area contributed by atoms with Gasteiger partial charge in [-0.2, -0.15) is 0 Å². The minimum absolute atomic E-state index is 0.0175. The number of carboxylic acid groups (broad SMARTS) is 2. The molecule has 1 aromatic rings. The highest BCUT2D eigenvalue weighted by atomic mass is 16.7. The summed E-state index contributed by atoms with van der Waals surface area (Å²) in [6, 6.07) is 4.78. The van der Waals surface area contributed by atoms with Crippen LogP contribution >= 0.6 is 0 Å². The normalized spacial score (nSPS) is 21.0. The number of hydrogen-bond donors (Lipinski definition) is 8. The largest absolute Gasteiger partial charge is 0.507 e. The Labute approximate surface area is 366 Å². The summed E-state index contributed by atoms with van der Waals surface area (Å²) in [5, 5.41) is 81.1.